The highest BCUT2D eigenvalue weighted by Crippen LogP contribution is 2.60. The Bertz CT molecular complexity index is 313. The lowest BCUT2D eigenvalue weighted by molar-refractivity contribution is 0.389. The summed E-state index contributed by atoms with van der Waals surface area (Å²) in [6, 6.07) is 3.96. The maximum absolute atomic E-state index is 6.17. The van der Waals surface area contributed by atoms with Crippen LogP contribution in [-0.2, 0) is 5.54 Å². The van der Waals surface area contributed by atoms with E-state index in [0.29, 0.717) is 0 Å². The first-order chi connectivity index (χ1) is 5.46. The minimum Gasteiger partial charge on any atom is -0.464 e. The minimum absolute atomic E-state index is 0.206. The summed E-state index contributed by atoms with van der Waals surface area (Å²) in [5.74, 6) is 1.88. The second-order valence-corrected chi connectivity index (χ2v) is 4.44. The van der Waals surface area contributed by atoms with E-state index in [4.69, 9.17) is 10.2 Å². The molecule has 2 rings (SSSR count). The van der Waals surface area contributed by atoms with E-state index in [9.17, 15) is 0 Å². The maximum atomic E-state index is 6.17. The lowest BCUT2D eigenvalue weighted by Crippen LogP contribution is -2.24. The SMILES string of the molecule is Cc1ccc(C2(N)CC2(C)C)o1. The smallest absolute Gasteiger partial charge is 0.124 e. The molecule has 1 aromatic heterocycles. The van der Waals surface area contributed by atoms with Crippen LogP contribution in [0.4, 0.5) is 0 Å². The van der Waals surface area contributed by atoms with Crippen LogP contribution in [0, 0.1) is 12.3 Å². The Labute approximate surface area is 72.7 Å². The largest absolute Gasteiger partial charge is 0.464 e. The van der Waals surface area contributed by atoms with Crippen molar-refractivity contribution in [2.45, 2.75) is 32.7 Å². The topological polar surface area (TPSA) is 39.2 Å². The summed E-state index contributed by atoms with van der Waals surface area (Å²) in [5.41, 5.74) is 6.16. The standard InChI is InChI=1S/C10H15NO/c1-7-4-5-8(12-7)10(11)6-9(10,2)3/h4-5H,6,11H2,1-3H3. The molecule has 1 saturated carbocycles. The molecule has 0 amide bonds. The van der Waals surface area contributed by atoms with Gasteiger partial charge in [0.25, 0.3) is 0 Å². The first-order valence-electron chi connectivity index (χ1n) is 4.31. The Morgan fingerprint density at radius 1 is 1.42 bits per heavy atom. The first kappa shape index (κ1) is 7.87. The van der Waals surface area contributed by atoms with Gasteiger partial charge in [0.05, 0.1) is 5.54 Å². The fourth-order valence-electron chi connectivity index (χ4n) is 1.75. The van der Waals surface area contributed by atoms with Crippen molar-refractivity contribution in [1.29, 1.82) is 0 Å². The van der Waals surface area contributed by atoms with Crippen LogP contribution >= 0.6 is 0 Å². The van der Waals surface area contributed by atoms with Crippen molar-refractivity contribution < 1.29 is 4.42 Å². The van der Waals surface area contributed by atoms with E-state index in [0.717, 1.165) is 17.9 Å². The van der Waals surface area contributed by atoms with Gasteiger partial charge in [-0.15, -0.1) is 0 Å². The Kier molecular flexibility index (Phi) is 1.27. The number of hydrogen-bond donors (Lipinski definition) is 1. The predicted octanol–water partition coefficient (Wildman–Crippen LogP) is 2.17. The highest BCUT2D eigenvalue weighted by atomic mass is 16.3. The van der Waals surface area contributed by atoms with E-state index in [1.54, 1.807) is 0 Å². The average molecular weight is 165 g/mol. The highest BCUT2D eigenvalue weighted by Gasteiger charge is 2.61. The van der Waals surface area contributed by atoms with Crippen molar-refractivity contribution in [3.63, 3.8) is 0 Å². The molecule has 2 N–H and O–H groups in total. The zero-order chi connectivity index (χ0) is 8.98. The van der Waals surface area contributed by atoms with Crippen LogP contribution in [0.1, 0.15) is 31.8 Å². The molecule has 0 aliphatic heterocycles. The van der Waals surface area contributed by atoms with Gasteiger partial charge in [0, 0.05) is 0 Å². The van der Waals surface area contributed by atoms with Crippen molar-refractivity contribution in [2.75, 3.05) is 0 Å². The molecule has 1 aliphatic carbocycles. The second kappa shape index (κ2) is 1.94. The van der Waals surface area contributed by atoms with Crippen molar-refractivity contribution in [3.05, 3.63) is 23.7 Å². The van der Waals surface area contributed by atoms with Gasteiger partial charge in [-0.2, -0.15) is 0 Å². The lowest BCUT2D eigenvalue weighted by atomic mass is 10.0. The van der Waals surface area contributed by atoms with E-state index >= 15 is 0 Å². The molecule has 1 atom stereocenters. The number of aryl methyl sites for hydroxylation is 1. The summed E-state index contributed by atoms with van der Waals surface area (Å²) >= 11 is 0. The molecular formula is C10H15NO. The molecule has 12 heavy (non-hydrogen) atoms. The maximum Gasteiger partial charge on any atom is 0.124 e. The van der Waals surface area contributed by atoms with Crippen LogP contribution in [-0.4, -0.2) is 0 Å². The van der Waals surface area contributed by atoms with Crippen LogP contribution < -0.4 is 5.73 Å². The lowest BCUT2D eigenvalue weighted by Gasteiger charge is -2.11. The summed E-state index contributed by atoms with van der Waals surface area (Å²) in [5, 5.41) is 0. The molecule has 1 fully saturated rings. The molecule has 1 aliphatic rings. The van der Waals surface area contributed by atoms with E-state index < -0.39 is 0 Å². The Morgan fingerprint density at radius 3 is 2.33 bits per heavy atom. The van der Waals surface area contributed by atoms with Gasteiger partial charge in [0.15, 0.2) is 0 Å². The Hall–Kier alpha value is -0.760. The molecule has 2 nitrogen and oxygen atoms in total. The molecule has 0 saturated heterocycles. The monoisotopic (exact) mass is 165 g/mol. The predicted molar refractivity (Wildman–Crippen MR) is 47.7 cm³/mol. The molecule has 2 heteroatoms. The molecule has 66 valence electrons. The molecule has 1 aromatic rings. The molecule has 1 heterocycles. The van der Waals surface area contributed by atoms with E-state index in [1.807, 2.05) is 19.1 Å². The van der Waals surface area contributed by atoms with Crippen LogP contribution in [0.5, 0.6) is 0 Å². The molecule has 1 unspecified atom stereocenters. The third kappa shape index (κ3) is 0.845. The molecule has 0 spiro atoms. The third-order valence-corrected chi connectivity index (χ3v) is 2.98. The van der Waals surface area contributed by atoms with Gasteiger partial charge in [-0.05, 0) is 30.9 Å². The van der Waals surface area contributed by atoms with E-state index in [2.05, 4.69) is 13.8 Å². The van der Waals surface area contributed by atoms with Crippen LogP contribution in [0.3, 0.4) is 0 Å². The quantitative estimate of drug-likeness (QED) is 0.692. The van der Waals surface area contributed by atoms with Gasteiger partial charge in [-0.25, -0.2) is 0 Å². The van der Waals surface area contributed by atoms with Crippen LogP contribution in [0.25, 0.3) is 0 Å². The van der Waals surface area contributed by atoms with Gasteiger partial charge < -0.3 is 10.2 Å². The summed E-state index contributed by atoms with van der Waals surface area (Å²) in [4.78, 5) is 0. The molecule has 0 aromatic carbocycles. The number of furan rings is 1. The molecule has 0 radical (unpaired) electrons. The summed E-state index contributed by atoms with van der Waals surface area (Å²) in [6.07, 6.45) is 1.02. The summed E-state index contributed by atoms with van der Waals surface area (Å²) in [6.45, 7) is 6.29. The van der Waals surface area contributed by atoms with Gasteiger partial charge in [-0.3, -0.25) is 0 Å². The van der Waals surface area contributed by atoms with E-state index in [-0.39, 0.29) is 11.0 Å². The van der Waals surface area contributed by atoms with Crippen LogP contribution in [0.15, 0.2) is 16.5 Å². The van der Waals surface area contributed by atoms with E-state index in [1.165, 1.54) is 0 Å². The zero-order valence-electron chi connectivity index (χ0n) is 7.85. The molecular weight excluding hydrogens is 150 g/mol. The average Bonchev–Trinajstić information content (AvgIpc) is 2.37. The Morgan fingerprint density at radius 2 is 2.00 bits per heavy atom. The fourth-order valence-corrected chi connectivity index (χ4v) is 1.75. The fraction of sp³-hybridized carbons (Fsp3) is 0.600. The number of rotatable bonds is 1. The number of hydrogen-bond acceptors (Lipinski definition) is 2. The minimum atomic E-state index is -0.207. The van der Waals surface area contributed by atoms with Gasteiger partial charge in [0.2, 0.25) is 0 Å². The van der Waals surface area contributed by atoms with Crippen molar-refractivity contribution >= 4 is 0 Å². The van der Waals surface area contributed by atoms with Gasteiger partial charge in [0.1, 0.15) is 11.5 Å². The zero-order valence-corrected chi connectivity index (χ0v) is 7.85. The second-order valence-electron chi connectivity index (χ2n) is 4.44. The van der Waals surface area contributed by atoms with Crippen molar-refractivity contribution in [2.24, 2.45) is 11.1 Å². The number of nitrogens with two attached hydrogens (primary N) is 1. The normalized spacial score (nSPS) is 32.0. The van der Waals surface area contributed by atoms with Gasteiger partial charge in [-0.1, -0.05) is 13.8 Å². The van der Waals surface area contributed by atoms with Crippen molar-refractivity contribution in [3.8, 4) is 0 Å². The Balaban J connectivity index is 2.34. The van der Waals surface area contributed by atoms with Crippen LogP contribution in [0.2, 0.25) is 0 Å². The van der Waals surface area contributed by atoms with Gasteiger partial charge >= 0.3 is 0 Å². The highest BCUT2D eigenvalue weighted by molar-refractivity contribution is 5.28. The molecule has 0 bridgehead atoms. The first-order valence-corrected chi connectivity index (χ1v) is 4.31. The third-order valence-electron chi connectivity index (χ3n) is 2.98. The summed E-state index contributed by atoms with van der Waals surface area (Å²) < 4.78 is 5.52. The summed E-state index contributed by atoms with van der Waals surface area (Å²) in [7, 11) is 0. The van der Waals surface area contributed by atoms with Crippen molar-refractivity contribution in [1.82, 2.24) is 0 Å².